The maximum atomic E-state index is 12.4. The van der Waals surface area contributed by atoms with E-state index in [-0.39, 0.29) is 30.4 Å². The quantitative estimate of drug-likeness (QED) is 0.529. The molecule has 1 fully saturated rings. The van der Waals surface area contributed by atoms with Crippen LogP contribution < -0.4 is 16.0 Å². The molecule has 2 heterocycles. The van der Waals surface area contributed by atoms with Crippen LogP contribution in [0.3, 0.4) is 0 Å². The van der Waals surface area contributed by atoms with Crippen LogP contribution in [0, 0.1) is 5.41 Å². The van der Waals surface area contributed by atoms with E-state index in [0.29, 0.717) is 11.7 Å². The predicted octanol–water partition coefficient (Wildman–Crippen LogP) is 2.34. The van der Waals surface area contributed by atoms with Crippen LogP contribution in [0.25, 0.3) is 16.7 Å². The minimum atomic E-state index is -0.204. The second-order valence-electron chi connectivity index (χ2n) is 6.36. The highest BCUT2D eigenvalue weighted by atomic mass is 35.5. The number of rotatable bonds is 5. The number of nitrogens with two attached hydrogens (primary N) is 1. The van der Waals surface area contributed by atoms with Gasteiger partial charge in [0.05, 0.1) is 16.7 Å². The highest BCUT2D eigenvalue weighted by Crippen LogP contribution is 2.40. The van der Waals surface area contributed by atoms with Crippen molar-refractivity contribution in [3.8, 4) is 11.4 Å². The molecule has 136 valence electrons. The molecule has 1 aromatic carbocycles. The van der Waals surface area contributed by atoms with Gasteiger partial charge in [-0.05, 0) is 37.1 Å². The summed E-state index contributed by atoms with van der Waals surface area (Å²) in [6.45, 7) is -0.0334. The fourth-order valence-corrected chi connectivity index (χ4v) is 2.98. The molecule has 1 saturated carbocycles. The van der Waals surface area contributed by atoms with Gasteiger partial charge in [0.15, 0.2) is 0 Å². The Morgan fingerprint density at radius 1 is 1.35 bits per heavy atom. The number of nitrogens with one attached hydrogen (secondary N) is 1. The zero-order valence-electron chi connectivity index (χ0n) is 14.3. The lowest BCUT2D eigenvalue weighted by Crippen LogP contribution is -2.21. The molecule has 0 aliphatic heterocycles. The Kier molecular flexibility index (Phi) is 4.73. The molecule has 7 nitrogen and oxygen atoms in total. The van der Waals surface area contributed by atoms with E-state index >= 15 is 0 Å². The third-order valence-electron chi connectivity index (χ3n) is 4.41. The SMILES string of the molecule is Cl.Cn1c(C2CC2)nc2ccc(-n3ccc(OCC(=N)N)cc3=O)cc21. The molecule has 3 N–H and O–H groups in total. The standard InChI is InChI=1S/C18H19N5O2.ClH/c1-22-15-8-12(4-5-14(15)21-18(22)11-2-3-11)23-7-6-13(9-17(23)24)25-10-16(19)20;/h4-9,11H,2-3,10H2,1H3,(H3,19,20);1H. The maximum Gasteiger partial charge on any atom is 0.258 e. The van der Waals surface area contributed by atoms with Gasteiger partial charge in [0, 0.05) is 25.2 Å². The topological polar surface area (TPSA) is 98.9 Å². The zero-order chi connectivity index (χ0) is 17.6. The molecular formula is C18H20ClN5O2. The first kappa shape index (κ1) is 18.0. The van der Waals surface area contributed by atoms with Gasteiger partial charge in [0.2, 0.25) is 0 Å². The highest BCUT2D eigenvalue weighted by molar-refractivity contribution is 5.85. The van der Waals surface area contributed by atoms with Crippen molar-refractivity contribution in [1.82, 2.24) is 14.1 Å². The molecule has 0 amide bonds. The molecule has 1 aliphatic carbocycles. The number of imidazole rings is 1. The summed E-state index contributed by atoms with van der Waals surface area (Å²) in [5.74, 6) is 2.00. The van der Waals surface area contributed by atoms with E-state index in [2.05, 4.69) is 4.57 Å². The number of halogens is 1. The summed E-state index contributed by atoms with van der Waals surface area (Å²) in [5, 5.41) is 7.17. The second-order valence-corrected chi connectivity index (χ2v) is 6.36. The summed E-state index contributed by atoms with van der Waals surface area (Å²) < 4.78 is 8.96. The van der Waals surface area contributed by atoms with Crippen molar-refractivity contribution in [3.05, 3.63) is 52.7 Å². The van der Waals surface area contributed by atoms with Gasteiger partial charge in [-0.25, -0.2) is 4.98 Å². The lowest BCUT2D eigenvalue weighted by molar-refractivity contribution is 0.373. The van der Waals surface area contributed by atoms with Crippen LogP contribution in [0.2, 0.25) is 0 Å². The van der Waals surface area contributed by atoms with Gasteiger partial charge in [-0.3, -0.25) is 14.8 Å². The summed E-state index contributed by atoms with van der Waals surface area (Å²) in [4.78, 5) is 17.1. The largest absolute Gasteiger partial charge is 0.485 e. The molecule has 4 rings (SSSR count). The van der Waals surface area contributed by atoms with Gasteiger partial charge in [0.25, 0.3) is 5.56 Å². The molecule has 0 spiro atoms. The minimum absolute atomic E-state index is 0. The van der Waals surface area contributed by atoms with Crippen molar-refractivity contribution in [2.24, 2.45) is 12.8 Å². The maximum absolute atomic E-state index is 12.4. The van der Waals surface area contributed by atoms with E-state index < -0.39 is 0 Å². The molecule has 1 aliphatic rings. The smallest absolute Gasteiger partial charge is 0.258 e. The van der Waals surface area contributed by atoms with Crippen molar-refractivity contribution in [3.63, 3.8) is 0 Å². The van der Waals surface area contributed by atoms with Gasteiger partial charge in [0.1, 0.15) is 24.0 Å². The lowest BCUT2D eigenvalue weighted by Gasteiger charge is -2.09. The average molecular weight is 374 g/mol. The number of hydrogen-bond donors (Lipinski definition) is 2. The molecule has 0 bridgehead atoms. The number of ether oxygens (including phenoxy) is 1. The van der Waals surface area contributed by atoms with E-state index in [4.69, 9.17) is 20.9 Å². The Morgan fingerprint density at radius 3 is 2.77 bits per heavy atom. The summed E-state index contributed by atoms with van der Waals surface area (Å²) >= 11 is 0. The van der Waals surface area contributed by atoms with Crippen molar-refractivity contribution in [1.29, 1.82) is 5.41 Å². The highest BCUT2D eigenvalue weighted by Gasteiger charge is 2.28. The number of hydrogen-bond acceptors (Lipinski definition) is 4. The van der Waals surface area contributed by atoms with Crippen molar-refractivity contribution < 1.29 is 4.74 Å². The third-order valence-corrected chi connectivity index (χ3v) is 4.41. The number of fused-ring (bicyclic) bond motifs is 1. The normalized spacial score (nSPS) is 13.4. The molecule has 0 saturated heterocycles. The van der Waals surface area contributed by atoms with Gasteiger partial charge in [-0.1, -0.05) is 0 Å². The Bertz CT molecular complexity index is 1040. The minimum Gasteiger partial charge on any atom is -0.485 e. The summed E-state index contributed by atoms with van der Waals surface area (Å²) in [6.07, 6.45) is 4.06. The van der Waals surface area contributed by atoms with Crippen LogP contribution in [0.15, 0.2) is 41.3 Å². The van der Waals surface area contributed by atoms with Gasteiger partial charge in [-0.15, -0.1) is 12.4 Å². The molecule has 8 heteroatoms. The predicted molar refractivity (Wildman–Crippen MR) is 103 cm³/mol. The van der Waals surface area contributed by atoms with E-state index in [0.717, 1.165) is 22.5 Å². The monoisotopic (exact) mass is 373 g/mol. The fraction of sp³-hybridized carbons (Fsp3) is 0.278. The van der Waals surface area contributed by atoms with Crippen LogP contribution in [-0.4, -0.2) is 26.6 Å². The lowest BCUT2D eigenvalue weighted by atomic mass is 10.2. The van der Waals surface area contributed by atoms with Crippen LogP contribution in [0.5, 0.6) is 5.75 Å². The van der Waals surface area contributed by atoms with Crippen LogP contribution >= 0.6 is 12.4 Å². The first-order valence-corrected chi connectivity index (χ1v) is 8.18. The summed E-state index contributed by atoms with van der Waals surface area (Å²) in [7, 11) is 2.02. The Labute approximate surface area is 156 Å². The van der Waals surface area contributed by atoms with Crippen molar-refractivity contribution >= 4 is 29.3 Å². The molecular weight excluding hydrogens is 354 g/mol. The summed E-state index contributed by atoms with van der Waals surface area (Å²) in [6, 6.07) is 8.90. The average Bonchev–Trinajstić information content (AvgIpc) is 3.38. The van der Waals surface area contributed by atoms with E-state index in [1.807, 2.05) is 25.2 Å². The number of amidine groups is 1. The molecule has 26 heavy (non-hydrogen) atoms. The number of pyridine rings is 1. The van der Waals surface area contributed by atoms with E-state index in [1.54, 1.807) is 16.8 Å². The van der Waals surface area contributed by atoms with Gasteiger partial charge in [-0.2, -0.15) is 0 Å². The second kappa shape index (κ2) is 6.84. The first-order chi connectivity index (χ1) is 12.0. The Hall–Kier alpha value is -2.80. The zero-order valence-corrected chi connectivity index (χ0v) is 15.1. The van der Waals surface area contributed by atoms with Gasteiger partial charge >= 0.3 is 0 Å². The van der Waals surface area contributed by atoms with Crippen molar-refractivity contribution in [2.45, 2.75) is 18.8 Å². The van der Waals surface area contributed by atoms with E-state index in [1.165, 1.54) is 18.9 Å². The van der Waals surface area contributed by atoms with Crippen molar-refractivity contribution in [2.75, 3.05) is 6.61 Å². The number of benzene rings is 1. The number of nitrogens with zero attached hydrogens (tertiary/aromatic N) is 3. The Morgan fingerprint density at radius 2 is 2.12 bits per heavy atom. The third kappa shape index (κ3) is 3.30. The van der Waals surface area contributed by atoms with Gasteiger partial charge < -0.3 is 15.0 Å². The molecule has 2 aromatic heterocycles. The molecule has 3 aromatic rings. The molecule has 0 atom stereocenters. The Balaban J connectivity index is 0.00000196. The molecule has 0 unspecified atom stereocenters. The van der Waals surface area contributed by atoms with E-state index in [9.17, 15) is 4.79 Å². The van der Waals surface area contributed by atoms with Crippen LogP contribution in [0.4, 0.5) is 0 Å². The molecule has 0 radical (unpaired) electrons. The number of aryl methyl sites for hydroxylation is 1. The number of aromatic nitrogens is 3. The summed E-state index contributed by atoms with van der Waals surface area (Å²) in [5.41, 5.74) is 7.80. The van der Waals surface area contributed by atoms with Crippen LogP contribution in [-0.2, 0) is 7.05 Å². The fourth-order valence-electron chi connectivity index (χ4n) is 2.98. The first-order valence-electron chi connectivity index (χ1n) is 8.18. The van der Waals surface area contributed by atoms with Crippen LogP contribution in [0.1, 0.15) is 24.6 Å².